The monoisotopic (exact) mass is 264 g/mol. The number of carbonyl (C=O) groups excluding carboxylic acids is 1. The summed E-state index contributed by atoms with van der Waals surface area (Å²) in [5.41, 5.74) is 0.678. The number of aromatic carboxylic acids is 1. The molecule has 6 heteroatoms. The lowest BCUT2D eigenvalue weighted by molar-refractivity contribution is -0.135. The molecule has 1 aromatic heterocycles. The summed E-state index contributed by atoms with van der Waals surface area (Å²) in [6.45, 7) is 0.824. The normalized spacial score (nSPS) is 18.8. The number of ether oxygens (including phenoxy) is 1. The van der Waals surface area contributed by atoms with Gasteiger partial charge in [-0.05, 0) is 31.4 Å². The van der Waals surface area contributed by atoms with Gasteiger partial charge in [0.15, 0.2) is 0 Å². The number of hydrogen-bond acceptors (Lipinski definition) is 4. The van der Waals surface area contributed by atoms with Gasteiger partial charge in [-0.2, -0.15) is 0 Å². The number of hydrogen-bond donors (Lipinski definition) is 2. The molecule has 1 fully saturated rings. The molecule has 1 aliphatic heterocycles. The molecule has 19 heavy (non-hydrogen) atoms. The molecule has 1 aliphatic rings. The van der Waals surface area contributed by atoms with Crippen LogP contribution in [0.1, 0.15) is 35.3 Å². The second kappa shape index (κ2) is 6.29. The van der Waals surface area contributed by atoms with Crippen LogP contribution in [0.2, 0.25) is 0 Å². The minimum atomic E-state index is -1.01. The van der Waals surface area contributed by atoms with Crippen LogP contribution < -0.4 is 5.32 Å². The van der Waals surface area contributed by atoms with E-state index < -0.39 is 12.1 Å². The predicted octanol–water partition coefficient (Wildman–Crippen LogP) is 0.965. The zero-order chi connectivity index (χ0) is 13.7. The van der Waals surface area contributed by atoms with Crippen LogP contribution in [0.3, 0.4) is 0 Å². The van der Waals surface area contributed by atoms with E-state index in [1.807, 2.05) is 0 Å². The first-order valence-electron chi connectivity index (χ1n) is 6.24. The topological polar surface area (TPSA) is 88.5 Å². The van der Waals surface area contributed by atoms with E-state index in [1.165, 1.54) is 18.3 Å². The summed E-state index contributed by atoms with van der Waals surface area (Å²) in [5.74, 6) is -1.17. The average molecular weight is 264 g/mol. The van der Waals surface area contributed by atoms with Crippen molar-refractivity contribution in [3.63, 3.8) is 0 Å². The van der Waals surface area contributed by atoms with Crippen molar-refractivity contribution in [2.75, 3.05) is 6.61 Å². The number of carboxylic acids is 1. The summed E-state index contributed by atoms with van der Waals surface area (Å²) in [6.07, 6.45) is 3.74. The van der Waals surface area contributed by atoms with E-state index in [4.69, 9.17) is 9.84 Å². The Kier molecular flexibility index (Phi) is 4.46. The highest BCUT2D eigenvalue weighted by Gasteiger charge is 2.21. The quantitative estimate of drug-likeness (QED) is 0.845. The zero-order valence-corrected chi connectivity index (χ0v) is 10.5. The first-order chi connectivity index (χ1) is 9.16. The van der Waals surface area contributed by atoms with E-state index in [1.54, 1.807) is 0 Å². The lowest BCUT2D eigenvalue weighted by Crippen LogP contribution is -2.38. The fourth-order valence-corrected chi connectivity index (χ4v) is 1.95. The second-order valence-corrected chi connectivity index (χ2v) is 4.41. The minimum Gasteiger partial charge on any atom is -0.478 e. The number of carboxylic acid groups (broad SMARTS) is 1. The third kappa shape index (κ3) is 3.75. The minimum absolute atomic E-state index is 0.160. The van der Waals surface area contributed by atoms with Crippen molar-refractivity contribution in [3.05, 3.63) is 29.6 Å². The Hall–Kier alpha value is -1.95. The molecular formula is C13H16N2O4. The molecule has 1 amide bonds. The summed E-state index contributed by atoms with van der Waals surface area (Å²) in [5, 5.41) is 11.6. The lowest BCUT2D eigenvalue weighted by Gasteiger charge is -2.21. The first kappa shape index (κ1) is 13.5. The van der Waals surface area contributed by atoms with Gasteiger partial charge in [-0.3, -0.25) is 9.78 Å². The Labute approximate surface area is 110 Å². The van der Waals surface area contributed by atoms with Crippen molar-refractivity contribution < 1.29 is 19.4 Å². The van der Waals surface area contributed by atoms with Gasteiger partial charge in [0.25, 0.3) is 0 Å². The zero-order valence-electron chi connectivity index (χ0n) is 10.5. The molecule has 2 N–H and O–H groups in total. The number of nitrogens with one attached hydrogen (secondary N) is 1. The van der Waals surface area contributed by atoms with Gasteiger partial charge in [-0.25, -0.2) is 4.79 Å². The maximum atomic E-state index is 11.8. The van der Waals surface area contributed by atoms with Crippen LogP contribution in [0.25, 0.3) is 0 Å². The molecule has 2 rings (SSSR count). The summed E-state index contributed by atoms with van der Waals surface area (Å²) in [7, 11) is 0. The molecule has 1 saturated heterocycles. The van der Waals surface area contributed by atoms with Gasteiger partial charge in [0.1, 0.15) is 6.10 Å². The predicted molar refractivity (Wildman–Crippen MR) is 66.6 cm³/mol. The summed E-state index contributed by atoms with van der Waals surface area (Å²) in [4.78, 5) is 26.6. The van der Waals surface area contributed by atoms with Gasteiger partial charge >= 0.3 is 5.97 Å². The van der Waals surface area contributed by atoms with Crippen LogP contribution in [0.5, 0.6) is 0 Å². The van der Waals surface area contributed by atoms with Gasteiger partial charge in [0, 0.05) is 12.8 Å². The maximum absolute atomic E-state index is 11.8. The Morgan fingerprint density at radius 3 is 3.00 bits per heavy atom. The lowest BCUT2D eigenvalue weighted by atomic mass is 10.1. The number of nitrogens with zero attached hydrogens (tertiary/aromatic N) is 1. The highest BCUT2D eigenvalue weighted by molar-refractivity contribution is 5.87. The molecule has 0 bridgehead atoms. The molecule has 0 radical (unpaired) electrons. The summed E-state index contributed by atoms with van der Waals surface area (Å²) < 4.78 is 5.36. The van der Waals surface area contributed by atoms with Crippen molar-refractivity contribution in [1.29, 1.82) is 0 Å². The van der Waals surface area contributed by atoms with Crippen molar-refractivity contribution in [3.8, 4) is 0 Å². The van der Waals surface area contributed by atoms with E-state index >= 15 is 0 Å². The molecular weight excluding hydrogens is 248 g/mol. The van der Waals surface area contributed by atoms with Crippen LogP contribution >= 0.6 is 0 Å². The van der Waals surface area contributed by atoms with Crippen LogP contribution in [0, 0.1) is 0 Å². The molecule has 0 aliphatic carbocycles. The summed E-state index contributed by atoms with van der Waals surface area (Å²) >= 11 is 0. The van der Waals surface area contributed by atoms with Gasteiger partial charge in [-0.15, -0.1) is 0 Å². The average Bonchev–Trinajstić information content (AvgIpc) is 2.46. The maximum Gasteiger partial charge on any atom is 0.335 e. The fraction of sp³-hybridized carbons (Fsp3) is 0.462. The van der Waals surface area contributed by atoms with Gasteiger partial charge in [-0.1, -0.05) is 0 Å². The number of pyridine rings is 1. The number of amides is 1. The largest absolute Gasteiger partial charge is 0.478 e. The molecule has 0 spiro atoms. The third-order valence-corrected chi connectivity index (χ3v) is 2.98. The van der Waals surface area contributed by atoms with Crippen molar-refractivity contribution >= 4 is 11.9 Å². The van der Waals surface area contributed by atoms with Crippen LogP contribution in [-0.4, -0.2) is 34.7 Å². The Morgan fingerprint density at radius 1 is 1.47 bits per heavy atom. The highest BCUT2D eigenvalue weighted by Crippen LogP contribution is 2.12. The smallest absolute Gasteiger partial charge is 0.335 e. The standard InChI is InChI=1S/C13H16N2O4/c16-12(11-3-1-2-6-19-11)15-8-10-7-9(13(17)18)4-5-14-10/h4-5,7,11H,1-3,6,8H2,(H,15,16)(H,17,18). The Morgan fingerprint density at radius 2 is 2.32 bits per heavy atom. The van der Waals surface area contributed by atoms with Gasteiger partial charge in [0.2, 0.25) is 5.91 Å². The molecule has 0 aromatic carbocycles. The second-order valence-electron chi connectivity index (χ2n) is 4.41. The molecule has 1 unspecified atom stereocenters. The summed E-state index contributed by atoms with van der Waals surface area (Å²) in [6, 6.07) is 2.86. The van der Waals surface area contributed by atoms with Crippen molar-refractivity contribution in [2.45, 2.75) is 31.9 Å². The first-order valence-corrected chi connectivity index (χ1v) is 6.24. The number of carbonyl (C=O) groups is 2. The number of aromatic nitrogens is 1. The van der Waals surface area contributed by atoms with Crippen LogP contribution in [0.4, 0.5) is 0 Å². The van der Waals surface area contributed by atoms with E-state index in [-0.39, 0.29) is 18.0 Å². The fourth-order valence-electron chi connectivity index (χ4n) is 1.95. The molecule has 6 nitrogen and oxygen atoms in total. The van der Waals surface area contributed by atoms with Crippen molar-refractivity contribution in [1.82, 2.24) is 10.3 Å². The number of rotatable bonds is 4. The van der Waals surface area contributed by atoms with E-state index in [0.29, 0.717) is 12.3 Å². The SMILES string of the molecule is O=C(O)c1ccnc(CNC(=O)C2CCCCO2)c1. The van der Waals surface area contributed by atoms with E-state index in [9.17, 15) is 9.59 Å². The Balaban J connectivity index is 1.89. The van der Waals surface area contributed by atoms with Crippen LogP contribution in [0.15, 0.2) is 18.3 Å². The molecule has 102 valence electrons. The van der Waals surface area contributed by atoms with Gasteiger partial charge in [0.05, 0.1) is 17.8 Å². The van der Waals surface area contributed by atoms with Crippen molar-refractivity contribution in [2.24, 2.45) is 0 Å². The molecule has 0 saturated carbocycles. The molecule has 1 aromatic rings. The van der Waals surface area contributed by atoms with Crippen LogP contribution in [-0.2, 0) is 16.1 Å². The Bertz CT molecular complexity index is 469. The third-order valence-electron chi connectivity index (χ3n) is 2.98. The molecule has 1 atom stereocenters. The van der Waals surface area contributed by atoms with Gasteiger partial charge < -0.3 is 15.2 Å². The molecule has 2 heterocycles. The highest BCUT2D eigenvalue weighted by atomic mass is 16.5. The van der Waals surface area contributed by atoms with E-state index in [0.717, 1.165) is 19.3 Å². The van der Waals surface area contributed by atoms with E-state index in [2.05, 4.69) is 10.3 Å².